The lowest BCUT2D eigenvalue weighted by Gasteiger charge is -2.28. The van der Waals surface area contributed by atoms with Gasteiger partial charge in [-0.05, 0) is 31.9 Å². The first-order valence-corrected chi connectivity index (χ1v) is 7.15. The van der Waals surface area contributed by atoms with Gasteiger partial charge in [-0.1, -0.05) is 30.3 Å². The van der Waals surface area contributed by atoms with Gasteiger partial charge in [-0.15, -0.1) is 0 Å². The number of nitrogens with zero attached hydrogens (tertiary/aromatic N) is 1. The number of rotatable bonds is 6. The number of carbonyl (C=O) groups excluding carboxylic acids is 2. The van der Waals surface area contributed by atoms with Crippen molar-refractivity contribution < 1.29 is 24.2 Å². The number of benzene rings is 1. The summed E-state index contributed by atoms with van der Waals surface area (Å²) in [4.78, 5) is 28.9. The van der Waals surface area contributed by atoms with Gasteiger partial charge in [0.25, 0.3) is 0 Å². The first-order valence-electron chi connectivity index (χ1n) is 7.15. The molecule has 0 heterocycles. The van der Waals surface area contributed by atoms with Crippen LogP contribution in [0, 0.1) is 0 Å². The molecular weight excluding hydrogens is 286 g/mol. The van der Waals surface area contributed by atoms with Crippen molar-refractivity contribution in [3.05, 3.63) is 35.9 Å². The Hall–Kier alpha value is -2.01. The van der Waals surface area contributed by atoms with Crippen LogP contribution in [-0.2, 0) is 25.7 Å². The third-order valence-corrected chi connectivity index (χ3v) is 3.68. The first-order chi connectivity index (χ1) is 10.6. The molecule has 2 rings (SSSR count). The highest BCUT2D eigenvalue weighted by molar-refractivity contribution is 5.69. The number of carboxylic acid groups (broad SMARTS) is 1. The molecule has 1 unspecified atom stereocenters. The molecule has 0 amide bonds. The normalized spacial score (nSPS) is 20.1. The van der Waals surface area contributed by atoms with E-state index in [9.17, 15) is 4.79 Å². The minimum atomic E-state index is -0.781. The van der Waals surface area contributed by atoms with Crippen LogP contribution < -0.4 is 0 Å². The van der Waals surface area contributed by atoms with E-state index in [1.165, 1.54) is 0 Å². The zero-order valence-electron chi connectivity index (χ0n) is 12.6. The summed E-state index contributed by atoms with van der Waals surface area (Å²) >= 11 is 0. The van der Waals surface area contributed by atoms with E-state index >= 15 is 0 Å². The Bertz CT molecular complexity index is 485. The third kappa shape index (κ3) is 6.18. The number of carbonyl (C=O) groups is 1. The van der Waals surface area contributed by atoms with Crippen molar-refractivity contribution in [3.63, 3.8) is 0 Å². The Labute approximate surface area is 129 Å². The van der Waals surface area contributed by atoms with Crippen molar-refractivity contribution in [3.8, 4) is 0 Å². The fraction of sp³-hybridized carbons (Fsp3) is 0.500. The highest BCUT2D eigenvalue weighted by Gasteiger charge is 2.31. The van der Waals surface area contributed by atoms with E-state index in [0.29, 0.717) is 6.61 Å². The molecule has 22 heavy (non-hydrogen) atoms. The molecule has 2 atom stereocenters. The van der Waals surface area contributed by atoms with Crippen molar-refractivity contribution in [1.29, 1.82) is 0 Å². The average molecular weight is 307 g/mol. The highest BCUT2D eigenvalue weighted by atomic mass is 16.5. The minimum absolute atomic E-state index is 0.0792. The number of hydrogen-bond acceptors (Lipinski definition) is 5. The van der Waals surface area contributed by atoms with Crippen molar-refractivity contribution in [2.45, 2.75) is 38.0 Å². The largest absolute Gasteiger partial charge is 0.480 e. The predicted molar refractivity (Wildman–Crippen MR) is 77.9 cm³/mol. The Morgan fingerprint density at radius 2 is 1.95 bits per heavy atom. The molecule has 1 fully saturated rings. The fourth-order valence-corrected chi connectivity index (χ4v) is 2.71. The molecule has 0 bridgehead atoms. The summed E-state index contributed by atoms with van der Waals surface area (Å²) < 4.78 is 5.97. The van der Waals surface area contributed by atoms with Gasteiger partial charge in [-0.3, -0.25) is 9.69 Å². The molecule has 6 heteroatoms. The summed E-state index contributed by atoms with van der Waals surface area (Å²) in [6.45, 7) is 0.679. The quantitative estimate of drug-likeness (QED) is 0.858. The van der Waals surface area contributed by atoms with Crippen LogP contribution >= 0.6 is 0 Å². The molecule has 0 saturated heterocycles. The van der Waals surface area contributed by atoms with Gasteiger partial charge < -0.3 is 9.84 Å². The molecule has 1 aromatic rings. The molecule has 0 radical (unpaired) electrons. The second kappa shape index (κ2) is 9.84. The molecular formula is C16H21NO5. The monoisotopic (exact) mass is 307 g/mol. The first kappa shape index (κ1) is 18.0. The van der Waals surface area contributed by atoms with Crippen LogP contribution in [0.25, 0.3) is 0 Å². The second-order valence-corrected chi connectivity index (χ2v) is 5.23. The molecule has 1 N–H and O–H groups in total. The Morgan fingerprint density at radius 3 is 2.55 bits per heavy atom. The van der Waals surface area contributed by atoms with Crippen molar-refractivity contribution in [2.24, 2.45) is 0 Å². The van der Waals surface area contributed by atoms with Gasteiger partial charge in [0.05, 0.1) is 19.3 Å². The summed E-state index contributed by atoms with van der Waals surface area (Å²) in [5.74, 6) is -0.781. The molecule has 0 aromatic heterocycles. The summed E-state index contributed by atoms with van der Waals surface area (Å²) in [7, 11) is 1.86. The standard InChI is InChI=1S/C15H21NO3.CO2/c1-16(10-15(17)18)13-8-5-9-14(13)19-11-12-6-3-2-4-7-12;2-1-3/h2-4,6-7,13-14H,5,8-11H2,1H3,(H,17,18);/t13?,14-;/m1./s1. The van der Waals surface area contributed by atoms with E-state index in [-0.39, 0.29) is 24.8 Å². The molecule has 1 aromatic carbocycles. The molecule has 1 aliphatic rings. The fourth-order valence-electron chi connectivity index (χ4n) is 2.71. The van der Waals surface area contributed by atoms with Gasteiger partial charge in [0, 0.05) is 6.04 Å². The number of aliphatic carboxylic acids is 1. The van der Waals surface area contributed by atoms with Gasteiger partial charge in [-0.25, -0.2) is 0 Å². The van der Waals surface area contributed by atoms with Crippen LogP contribution in [0.4, 0.5) is 0 Å². The number of carboxylic acids is 1. The van der Waals surface area contributed by atoms with Crippen molar-refractivity contribution >= 4 is 12.1 Å². The van der Waals surface area contributed by atoms with Gasteiger partial charge in [-0.2, -0.15) is 9.59 Å². The summed E-state index contributed by atoms with van der Waals surface area (Å²) in [5.41, 5.74) is 1.16. The van der Waals surface area contributed by atoms with Crippen LogP contribution in [0.2, 0.25) is 0 Å². The van der Waals surface area contributed by atoms with E-state index in [2.05, 4.69) is 0 Å². The van der Waals surface area contributed by atoms with Crippen LogP contribution in [0.3, 0.4) is 0 Å². The van der Waals surface area contributed by atoms with Crippen LogP contribution in [0.15, 0.2) is 30.3 Å². The number of hydrogen-bond donors (Lipinski definition) is 1. The Balaban J connectivity index is 0.000000745. The minimum Gasteiger partial charge on any atom is -0.480 e. The lowest BCUT2D eigenvalue weighted by atomic mass is 10.2. The summed E-state index contributed by atoms with van der Waals surface area (Å²) in [6.07, 6.45) is 3.53. The molecule has 0 aliphatic heterocycles. The zero-order chi connectivity index (χ0) is 16.4. The van der Waals surface area contributed by atoms with Gasteiger partial charge in [0.1, 0.15) is 0 Å². The van der Waals surface area contributed by atoms with E-state index in [1.807, 2.05) is 42.3 Å². The maximum absolute atomic E-state index is 10.8. The molecule has 1 saturated carbocycles. The summed E-state index contributed by atoms with van der Waals surface area (Å²) in [5, 5.41) is 8.86. The van der Waals surface area contributed by atoms with Crippen LogP contribution in [-0.4, -0.2) is 47.9 Å². The molecule has 0 spiro atoms. The lowest BCUT2D eigenvalue weighted by molar-refractivity contribution is -0.191. The average Bonchev–Trinajstić information content (AvgIpc) is 2.95. The van der Waals surface area contributed by atoms with E-state index in [0.717, 1.165) is 24.8 Å². The Morgan fingerprint density at radius 1 is 1.32 bits per heavy atom. The van der Waals surface area contributed by atoms with Crippen molar-refractivity contribution in [1.82, 2.24) is 4.90 Å². The van der Waals surface area contributed by atoms with E-state index < -0.39 is 5.97 Å². The van der Waals surface area contributed by atoms with E-state index in [1.54, 1.807) is 0 Å². The number of likely N-dealkylation sites (N-methyl/N-ethyl adjacent to an activating group) is 1. The molecule has 120 valence electrons. The topological polar surface area (TPSA) is 83.9 Å². The SMILES string of the molecule is CN(CC(=O)O)C1CCC[C@H]1OCc1ccccc1.O=C=O. The smallest absolute Gasteiger partial charge is 0.373 e. The molecule has 6 nitrogen and oxygen atoms in total. The van der Waals surface area contributed by atoms with Crippen molar-refractivity contribution in [2.75, 3.05) is 13.6 Å². The summed E-state index contributed by atoms with van der Waals surface area (Å²) in [6, 6.07) is 10.3. The Kier molecular flexibility index (Phi) is 8.07. The lowest BCUT2D eigenvalue weighted by Crippen LogP contribution is -2.41. The highest BCUT2D eigenvalue weighted by Crippen LogP contribution is 2.26. The van der Waals surface area contributed by atoms with E-state index in [4.69, 9.17) is 19.4 Å². The predicted octanol–water partition coefficient (Wildman–Crippen LogP) is 1.56. The molecule has 1 aliphatic carbocycles. The zero-order valence-corrected chi connectivity index (χ0v) is 12.6. The van der Waals surface area contributed by atoms with Gasteiger partial charge >= 0.3 is 12.1 Å². The van der Waals surface area contributed by atoms with Crippen LogP contribution in [0.5, 0.6) is 0 Å². The number of ether oxygens (including phenoxy) is 1. The van der Waals surface area contributed by atoms with Crippen LogP contribution in [0.1, 0.15) is 24.8 Å². The van der Waals surface area contributed by atoms with Gasteiger partial charge in [0.2, 0.25) is 0 Å². The second-order valence-electron chi connectivity index (χ2n) is 5.23. The maximum atomic E-state index is 10.8. The third-order valence-electron chi connectivity index (χ3n) is 3.68. The van der Waals surface area contributed by atoms with Gasteiger partial charge in [0.15, 0.2) is 0 Å². The maximum Gasteiger partial charge on any atom is 0.373 e.